The molecule has 0 saturated heterocycles. The second kappa shape index (κ2) is 6.48. The van der Waals surface area contributed by atoms with Crippen LogP contribution in [0.4, 0.5) is 4.39 Å². The Morgan fingerprint density at radius 2 is 2.16 bits per heavy atom. The number of rotatable bonds is 6. The summed E-state index contributed by atoms with van der Waals surface area (Å²) in [6, 6.07) is 7.00. The van der Waals surface area contributed by atoms with Gasteiger partial charge in [0.15, 0.2) is 0 Å². The van der Waals surface area contributed by atoms with E-state index < -0.39 is 0 Å². The summed E-state index contributed by atoms with van der Waals surface area (Å²) in [5, 5.41) is 7.61. The topological polar surface area (TPSA) is 29.9 Å². The highest BCUT2D eigenvalue weighted by molar-refractivity contribution is 5.21. The first-order valence-electron chi connectivity index (χ1n) is 6.67. The van der Waals surface area contributed by atoms with Crippen LogP contribution >= 0.6 is 0 Å². The van der Waals surface area contributed by atoms with E-state index in [1.807, 2.05) is 36.1 Å². The van der Waals surface area contributed by atoms with Crippen LogP contribution in [-0.2, 0) is 6.54 Å². The summed E-state index contributed by atoms with van der Waals surface area (Å²) in [7, 11) is 0. The van der Waals surface area contributed by atoms with Crippen molar-refractivity contribution in [1.29, 1.82) is 0 Å². The molecular formula is C15H20FN3. The Labute approximate surface area is 113 Å². The smallest absolute Gasteiger partial charge is 0.127 e. The molecular weight excluding hydrogens is 241 g/mol. The van der Waals surface area contributed by atoms with Crippen LogP contribution in [0.5, 0.6) is 0 Å². The molecule has 0 aliphatic carbocycles. The first-order valence-corrected chi connectivity index (χ1v) is 6.67. The lowest BCUT2D eigenvalue weighted by molar-refractivity contribution is 0.459. The van der Waals surface area contributed by atoms with Gasteiger partial charge in [-0.2, -0.15) is 5.10 Å². The Kier molecular flexibility index (Phi) is 4.68. The standard InChI is InChI=1S/C15H20FN3/c1-3-15(13-6-4-5-7-14(13)16)17-8-9-19-11-12(2)10-18-19/h4-7,10-11,15,17H,3,8-9H2,1-2H3. The number of aromatic nitrogens is 2. The summed E-state index contributed by atoms with van der Waals surface area (Å²) in [5.41, 5.74) is 1.89. The molecule has 2 rings (SSSR count). The average molecular weight is 261 g/mol. The monoisotopic (exact) mass is 261 g/mol. The predicted molar refractivity (Wildman–Crippen MR) is 74.4 cm³/mol. The van der Waals surface area contributed by atoms with Gasteiger partial charge >= 0.3 is 0 Å². The van der Waals surface area contributed by atoms with E-state index in [-0.39, 0.29) is 11.9 Å². The Morgan fingerprint density at radius 1 is 1.37 bits per heavy atom. The third-order valence-corrected chi connectivity index (χ3v) is 3.18. The van der Waals surface area contributed by atoms with Gasteiger partial charge in [-0.1, -0.05) is 25.1 Å². The number of benzene rings is 1. The van der Waals surface area contributed by atoms with Crippen LogP contribution in [0.25, 0.3) is 0 Å². The average Bonchev–Trinajstić information content (AvgIpc) is 2.82. The van der Waals surface area contributed by atoms with E-state index in [0.717, 1.165) is 30.6 Å². The highest BCUT2D eigenvalue weighted by Crippen LogP contribution is 2.19. The van der Waals surface area contributed by atoms with Crippen molar-refractivity contribution in [3.05, 3.63) is 53.6 Å². The second-order valence-corrected chi connectivity index (χ2v) is 4.72. The molecule has 0 fully saturated rings. The highest BCUT2D eigenvalue weighted by atomic mass is 19.1. The normalized spacial score (nSPS) is 12.6. The van der Waals surface area contributed by atoms with Crippen molar-refractivity contribution in [3.63, 3.8) is 0 Å². The number of nitrogens with one attached hydrogen (secondary N) is 1. The van der Waals surface area contributed by atoms with Crippen molar-refractivity contribution in [2.24, 2.45) is 0 Å². The van der Waals surface area contributed by atoms with Gasteiger partial charge < -0.3 is 5.32 Å². The van der Waals surface area contributed by atoms with Crippen molar-refractivity contribution in [1.82, 2.24) is 15.1 Å². The maximum absolute atomic E-state index is 13.7. The van der Waals surface area contributed by atoms with Crippen LogP contribution in [0.15, 0.2) is 36.7 Å². The summed E-state index contributed by atoms with van der Waals surface area (Å²) in [5.74, 6) is -0.142. The first-order chi connectivity index (χ1) is 9.20. The van der Waals surface area contributed by atoms with Gasteiger partial charge in [-0.15, -0.1) is 0 Å². The molecule has 1 atom stereocenters. The Hall–Kier alpha value is -1.68. The number of hydrogen-bond donors (Lipinski definition) is 1. The van der Waals surface area contributed by atoms with E-state index in [9.17, 15) is 4.39 Å². The van der Waals surface area contributed by atoms with Crippen LogP contribution in [0.1, 0.15) is 30.5 Å². The summed E-state index contributed by atoms with van der Waals surface area (Å²) in [4.78, 5) is 0. The number of aryl methyl sites for hydroxylation is 1. The fourth-order valence-electron chi connectivity index (χ4n) is 2.17. The minimum Gasteiger partial charge on any atom is -0.308 e. The maximum atomic E-state index is 13.7. The third kappa shape index (κ3) is 3.64. The third-order valence-electron chi connectivity index (χ3n) is 3.18. The number of nitrogens with zero attached hydrogens (tertiary/aromatic N) is 2. The fourth-order valence-corrected chi connectivity index (χ4v) is 2.17. The molecule has 0 saturated carbocycles. The molecule has 0 aliphatic heterocycles. The Morgan fingerprint density at radius 3 is 2.79 bits per heavy atom. The van der Waals surface area contributed by atoms with E-state index in [2.05, 4.69) is 17.3 Å². The van der Waals surface area contributed by atoms with E-state index in [1.165, 1.54) is 6.07 Å². The van der Waals surface area contributed by atoms with E-state index in [1.54, 1.807) is 6.07 Å². The van der Waals surface area contributed by atoms with Crippen LogP contribution in [0, 0.1) is 12.7 Å². The maximum Gasteiger partial charge on any atom is 0.127 e. The van der Waals surface area contributed by atoms with Gasteiger partial charge in [0.2, 0.25) is 0 Å². The molecule has 0 spiro atoms. The minimum atomic E-state index is -0.142. The van der Waals surface area contributed by atoms with Crippen molar-refractivity contribution >= 4 is 0 Å². The van der Waals surface area contributed by atoms with Crippen LogP contribution < -0.4 is 5.32 Å². The molecule has 4 heteroatoms. The summed E-state index contributed by atoms with van der Waals surface area (Å²) < 4.78 is 15.6. The van der Waals surface area contributed by atoms with Crippen molar-refractivity contribution < 1.29 is 4.39 Å². The number of halogens is 1. The zero-order valence-electron chi connectivity index (χ0n) is 11.4. The first kappa shape index (κ1) is 13.7. The lowest BCUT2D eigenvalue weighted by atomic mass is 10.0. The predicted octanol–water partition coefficient (Wildman–Crippen LogP) is 3.07. The highest BCUT2D eigenvalue weighted by Gasteiger charge is 2.12. The van der Waals surface area contributed by atoms with E-state index >= 15 is 0 Å². The molecule has 1 aromatic heterocycles. The molecule has 2 aromatic rings. The summed E-state index contributed by atoms with van der Waals surface area (Å²) >= 11 is 0. The minimum absolute atomic E-state index is 0.0536. The number of hydrogen-bond acceptors (Lipinski definition) is 2. The molecule has 0 radical (unpaired) electrons. The molecule has 0 aliphatic rings. The summed E-state index contributed by atoms with van der Waals surface area (Å²) in [6.45, 7) is 5.64. The molecule has 3 nitrogen and oxygen atoms in total. The lowest BCUT2D eigenvalue weighted by Gasteiger charge is -2.18. The Bertz CT molecular complexity index is 522. The van der Waals surface area contributed by atoms with Gasteiger partial charge in [-0.25, -0.2) is 4.39 Å². The molecule has 1 unspecified atom stereocenters. The van der Waals surface area contributed by atoms with Gasteiger partial charge in [0.25, 0.3) is 0 Å². The largest absolute Gasteiger partial charge is 0.308 e. The summed E-state index contributed by atoms with van der Waals surface area (Å²) in [6.07, 6.45) is 4.71. The van der Waals surface area contributed by atoms with Gasteiger partial charge in [0.05, 0.1) is 12.7 Å². The fraction of sp³-hybridized carbons (Fsp3) is 0.400. The zero-order chi connectivity index (χ0) is 13.7. The Balaban J connectivity index is 1.91. The van der Waals surface area contributed by atoms with Crippen molar-refractivity contribution in [2.45, 2.75) is 32.9 Å². The van der Waals surface area contributed by atoms with Crippen LogP contribution in [0.2, 0.25) is 0 Å². The van der Waals surface area contributed by atoms with Gasteiger partial charge in [0.1, 0.15) is 5.82 Å². The van der Waals surface area contributed by atoms with Crippen molar-refractivity contribution in [2.75, 3.05) is 6.54 Å². The van der Waals surface area contributed by atoms with Gasteiger partial charge in [0, 0.05) is 24.3 Å². The lowest BCUT2D eigenvalue weighted by Crippen LogP contribution is -2.25. The van der Waals surface area contributed by atoms with E-state index in [0.29, 0.717) is 0 Å². The molecule has 19 heavy (non-hydrogen) atoms. The van der Waals surface area contributed by atoms with Crippen molar-refractivity contribution in [3.8, 4) is 0 Å². The molecule has 1 heterocycles. The van der Waals surface area contributed by atoms with E-state index in [4.69, 9.17) is 0 Å². The molecule has 102 valence electrons. The van der Waals surface area contributed by atoms with Gasteiger partial charge in [-0.05, 0) is 25.0 Å². The quantitative estimate of drug-likeness (QED) is 0.866. The second-order valence-electron chi connectivity index (χ2n) is 4.72. The van der Waals surface area contributed by atoms with Crippen LogP contribution in [-0.4, -0.2) is 16.3 Å². The molecule has 1 aromatic carbocycles. The molecule has 0 bridgehead atoms. The molecule has 1 N–H and O–H groups in total. The SMILES string of the molecule is CCC(NCCn1cc(C)cn1)c1ccccc1F. The molecule has 0 amide bonds. The van der Waals surface area contributed by atoms with Crippen LogP contribution in [0.3, 0.4) is 0 Å². The zero-order valence-corrected chi connectivity index (χ0v) is 11.4. The van der Waals surface area contributed by atoms with Gasteiger partial charge in [-0.3, -0.25) is 4.68 Å².